The predicted octanol–water partition coefficient (Wildman–Crippen LogP) is 3.38. The van der Waals surface area contributed by atoms with E-state index in [0.29, 0.717) is 13.0 Å². The van der Waals surface area contributed by atoms with Crippen molar-refractivity contribution in [3.63, 3.8) is 0 Å². The van der Waals surface area contributed by atoms with Crippen LogP contribution in [0.25, 0.3) is 5.65 Å². The summed E-state index contributed by atoms with van der Waals surface area (Å²) >= 11 is 0. The Kier molecular flexibility index (Phi) is 5.72. The number of aromatic nitrogens is 2. The fraction of sp³-hybridized carbons (Fsp3) is 0.391. The van der Waals surface area contributed by atoms with Crippen molar-refractivity contribution in [3.8, 4) is 0 Å². The Hall–Kier alpha value is -2.66. The highest BCUT2D eigenvalue weighted by Crippen LogP contribution is 2.28. The van der Waals surface area contributed by atoms with Gasteiger partial charge in [-0.15, -0.1) is 0 Å². The van der Waals surface area contributed by atoms with Crippen LogP contribution in [-0.2, 0) is 4.79 Å². The van der Waals surface area contributed by atoms with Crippen molar-refractivity contribution in [2.75, 3.05) is 26.2 Å². The Morgan fingerprint density at radius 3 is 2.75 bits per heavy atom. The third kappa shape index (κ3) is 4.25. The van der Waals surface area contributed by atoms with Gasteiger partial charge in [-0.05, 0) is 56.1 Å². The van der Waals surface area contributed by atoms with Gasteiger partial charge in [-0.25, -0.2) is 4.98 Å². The number of amides is 1. The van der Waals surface area contributed by atoms with Crippen molar-refractivity contribution in [2.24, 2.45) is 0 Å². The van der Waals surface area contributed by atoms with E-state index in [9.17, 15) is 4.79 Å². The number of hydrogen-bond donors (Lipinski definition) is 1. The van der Waals surface area contributed by atoms with Gasteiger partial charge in [0.05, 0.1) is 5.69 Å². The zero-order chi connectivity index (χ0) is 19.3. The van der Waals surface area contributed by atoms with Crippen LogP contribution in [0.3, 0.4) is 0 Å². The highest BCUT2D eigenvalue weighted by atomic mass is 16.1. The number of carbonyl (C=O) groups is 1. The summed E-state index contributed by atoms with van der Waals surface area (Å²) in [6, 6.07) is 14.4. The Balaban J connectivity index is 1.51. The van der Waals surface area contributed by atoms with E-state index >= 15 is 0 Å². The summed E-state index contributed by atoms with van der Waals surface area (Å²) in [5, 5.41) is 3.12. The monoisotopic (exact) mass is 376 g/mol. The molecule has 1 unspecified atom stereocenters. The minimum atomic E-state index is -0.0225. The van der Waals surface area contributed by atoms with E-state index in [1.54, 1.807) is 0 Å². The molecule has 1 amide bonds. The molecule has 0 aliphatic carbocycles. The van der Waals surface area contributed by atoms with Gasteiger partial charge in [-0.2, -0.15) is 0 Å². The van der Waals surface area contributed by atoms with Crippen LogP contribution < -0.4 is 5.32 Å². The van der Waals surface area contributed by atoms with Crippen molar-refractivity contribution in [3.05, 3.63) is 71.7 Å². The van der Waals surface area contributed by atoms with Crippen LogP contribution in [-0.4, -0.2) is 46.4 Å². The summed E-state index contributed by atoms with van der Waals surface area (Å²) in [6.07, 6.45) is 6.93. The van der Waals surface area contributed by atoms with E-state index in [1.165, 1.54) is 18.4 Å². The summed E-state index contributed by atoms with van der Waals surface area (Å²) in [6.45, 7) is 6.04. The Bertz CT molecular complexity index is 928. The third-order valence-electron chi connectivity index (χ3n) is 5.59. The van der Waals surface area contributed by atoms with Gasteiger partial charge in [0, 0.05) is 37.8 Å². The summed E-state index contributed by atoms with van der Waals surface area (Å²) < 4.78 is 2.10. The number of pyridine rings is 1. The molecule has 1 saturated heterocycles. The predicted molar refractivity (Wildman–Crippen MR) is 112 cm³/mol. The Morgan fingerprint density at radius 2 is 1.96 bits per heavy atom. The summed E-state index contributed by atoms with van der Waals surface area (Å²) in [5.74, 6) is 0.0702. The molecule has 1 aliphatic heterocycles. The molecule has 1 N–H and O–H groups in total. The van der Waals surface area contributed by atoms with Crippen LogP contribution >= 0.6 is 0 Å². The average Bonchev–Trinajstić information content (AvgIpc) is 3.36. The highest BCUT2D eigenvalue weighted by molar-refractivity contribution is 5.77. The highest BCUT2D eigenvalue weighted by Gasteiger charge is 2.22. The normalized spacial score (nSPS) is 15.8. The number of fused-ring (bicyclic) bond motifs is 1. The van der Waals surface area contributed by atoms with Crippen molar-refractivity contribution < 1.29 is 4.79 Å². The number of aryl methyl sites for hydroxylation is 1. The van der Waals surface area contributed by atoms with Gasteiger partial charge in [0.2, 0.25) is 5.91 Å². The van der Waals surface area contributed by atoms with Gasteiger partial charge in [-0.3, -0.25) is 4.79 Å². The molecule has 28 heavy (non-hydrogen) atoms. The molecule has 5 heteroatoms. The van der Waals surface area contributed by atoms with Crippen LogP contribution in [0.2, 0.25) is 0 Å². The molecule has 0 radical (unpaired) electrons. The van der Waals surface area contributed by atoms with Crippen molar-refractivity contribution in [1.82, 2.24) is 19.6 Å². The molecule has 5 nitrogen and oxygen atoms in total. The minimum absolute atomic E-state index is 0.0225. The number of imidazole rings is 1. The number of hydrogen-bond acceptors (Lipinski definition) is 3. The minimum Gasteiger partial charge on any atom is -0.355 e. The fourth-order valence-electron chi connectivity index (χ4n) is 4.06. The van der Waals surface area contributed by atoms with E-state index in [2.05, 4.69) is 50.8 Å². The number of nitrogens with zero attached hydrogens (tertiary/aromatic N) is 3. The zero-order valence-corrected chi connectivity index (χ0v) is 16.5. The number of carbonyl (C=O) groups excluding carboxylic acids is 1. The van der Waals surface area contributed by atoms with E-state index in [-0.39, 0.29) is 11.8 Å². The lowest BCUT2D eigenvalue weighted by Crippen LogP contribution is -2.34. The molecule has 4 rings (SSSR count). The zero-order valence-electron chi connectivity index (χ0n) is 16.5. The van der Waals surface area contributed by atoms with Gasteiger partial charge in [0.15, 0.2) is 0 Å². The maximum absolute atomic E-state index is 12.7. The molecule has 146 valence electrons. The SMILES string of the molecule is Cc1ccn2c(C(CC(=O)NCCN3CCCC3)c3ccccc3)cnc2c1. The number of nitrogens with one attached hydrogen (secondary N) is 1. The molecule has 3 heterocycles. The summed E-state index contributed by atoms with van der Waals surface area (Å²) in [5.41, 5.74) is 4.29. The second-order valence-corrected chi connectivity index (χ2v) is 7.68. The van der Waals surface area contributed by atoms with E-state index in [0.717, 1.165) is 36.5 Å². The van der Waals surface area contributed by atoms with Gasteiger partial charge in [0.1, 0.15) is 5.65 Å². The first-order chi connectivity index (χ1) is 13.7. The van der Waals surface area contributed by atoms with Crippen LogP contribution in [0.1, 0.15) is 42.0 Å². The van der Waals surface area contributed by atoms with Crippen LogP contribution in [0.5, 0.6) is 0 Å². The standard InChI is InChI=1S/C23H28N4O/c1-18-9-13-27-21(17-25-22(27)15-18)20(19-7-3-2-4-8-19)16-23(28)24-10-14-26-11-5-6-12-26/h2-4,7-9,13,15,17,20H,5-6,10-12,14,16H2,1H3,(H,24,28). The lowest BCUT2D eigenvalue weighted by atomic mass is 9.92. The number of benzene rings is 1. The number of rotatable bonds is 7. The maximum Gasteiger partial charge on any atom is 0.221 e. The molecular formula is C23H28N4O. The largest absolute Gasteiger partial charge is 0.355 e. The summed E-state index contributed by atoms with van der Waals surface area (Å²) in [4.78, 5) is 19.7. The van der Waals surface area contributed by atoms with Crippen molar-refractivity contribution in [2.45, 2.75) is 32.1 Å². The second-order valence-electron chi connectivity index (χ2n) is 7.68. The topological polar surface area (TPSA) is 49.6 Å². The number of likely N-dealkylation sites (tertiary alicyclic amines) is 1. The van der Waals surface area contributed by atoms with E-state index in [1.807, 2.05) is 30.6 Å². The fourth-order valence-corrected chi connectivity index (χ4v) is 4.06. The first-order valence-electron chi connectivity index (χ1n) is 10.2. The van der Waals surface area contributed by atoms with E-state index < -0.39 is 0 Å². The summed E-state index contributed by atoms with van der Waals surface area (Å²) in [7, 11) is 0. The molecule has 0 saturated carbocycles. The van der Waals surface area contributed by atoms with Gasteiger partial charge in [-0.1, -0.05) is 30.3 Å². The molecule has 1 fully saturated rings. The molecular weight excluding hydrogens is 348 g/mol. The molecule has 0 spiro atoms. The van der Waals surface area contributed by atoms with Crippen LogP contribution in [0, 0.1) is 6.92 Å². The lowest BCUT2D eigenvalue weighted by Gasteiger charge is -2.19. The van der Waals surface area contributed by atoms with E-state index in [4.69, 9.17) is 0 Å². The van der Waals surface area contributed by atoms with Crippen LogP contribution in [0.4, 0.5) is 0 Å². The molecule has 1 aliphatic rings. The second kappa shape index (κ2) is 8.57. The molecule has 1 aromatic carbocycles. The molecule has 0 bridgehead atoms. The van der Waals surface area contributed by atoms with Crippen molar-refractivity contribution in [1.29, 1.82) is 0 Å². The molecule has 2 aromatic heterocycles. The maximum atomic E-state index is 12.7. The first-order valence-corrected chi connectivity index (χ1v) is 10.2. The van der Waals surface area contributed by atoms with Gasteiger partial charge >= 0.3 is 0 Å². The van der Waals surface area contributed by atoms with Crippen molar-refractivity contribution >= 4 is 11.6 Å². The van der Waals surface area contributed by atoms with Gasteiger partial charge < -0.3 is 14.6 Å². The molecule has 1 atom stereocenters. The third-order valence-corrected chi connectivity index (χ3v) is 5.59. The Labute approximate surface area is 166 Å². The quantitative estimate of drug-likeness (QED) is 0.688. The lowest BCUT2D eigenvalue weighted by molar-refractivity contribution is -0.121. The van der Waals surface area contributed by atoms with Gasteiger partial charge in [0.25, 0.3) is 0 Å². The average molecular weight is 377 g/mol. The Morgan fingerprint density at radius 1 is 1.18 bits per heavy atom. The molecule has 3 aromatic rings. The van der Waals surface area contributed by atoms with Crippen LogP contribution in [0.15, 0.2) is 54.9 Å². The first kappa shape index (κ1) is 18.7. The smallest absolute Gasteiger partial charge is 0.221 e.